The number of ether oxygens (including phenoxy) is 3. The van der Waals surface area contributed by atoms with Crippen molar-refractivity contribution in [3.8, 4) is 0 Å². The Balaban J connectivity index is 1.72. The molecule has 0 spiro atoms. The van der Waals surface area contributed by atoms with Crippen molar-refractivity contribution >= 4 is 5.57 Å². The highest BCUT2D eigenvalue weighted by Gasteiger charge is 2.31. The first-order valence-corrected chi connectivity index (χ1v) is 7.81. The number of allylic oxidation sites excluding steroid dienone is 1. The number of hydrogen-bond acceptors (Lipinski definition) is 3. The van der Waals surface area contributed by atoms with Crippen LogP contribution in [-0.4, -0.2) is 32.0 Å². The molecule has 1 aliphatic heterocycles. The minimum Gasteiger partial charge on any atom is -0.501 e. The lowest BCUT2D eigenvalue weighted by atomic mass is 9.95. The zero-order valence-electron chi connectivity index (χ0n) is 13.1. The zero-order chi connectivity index (χ0) is 15.0. The third-order valence-corrected chi connectivity index (χ3v) is 4.03. The highest BCUT2D eigenvalue weighted by molar-refractivity contribution is 5.62. The van der Waals surface area contributed by atoms with Crippen LogP contribution in [0.2, 0.25) is 0 Å². The Bertz CT molecular complexity index is 433. The van der Waals surface area contributed by atoms with Crippen molar-refractivity contribution in [1.29, 1.82) is 0 Å². The lowest BCUT2D eigenvalue weighted by molar-refractivity contribution is -0.163. The quantitative estimate of drug-likeness (QED) is 0.560. The lowest BCUT2D eigenvalue weighted by Crippen LogP contribution is -2.42. The van der Waals surface area contributed by atoms with Crippen molar-refractivity contribution in [3.63, 3.8) is 0 Å². The number of hydrogen-bond donors (Lipinski definition) is 0. The Morgan fingerprint density at radius 1 is 1.29 bits per heavy atom. The monoisotopic (exact) mass is 290 g/mol. The number of rotatable bonds is 7. The molecule has 0 aromatic heterocycles. The highest BCUT2D eigenvalue weighted by Crippen LogP contribution is 2.25. The van der Waals surface area contributed by atoms with Gasteiger partial charge in [-0.2, -0.15) is 0 Å². The fourth-order valence-electron chi connectivity index (χ4n) is 2.57. The van der Waals surface area contributed by atoms with Crippen LogP contribution in [0.5, 0.6) is 0 Å². The maximum atomic E-state index is 5.92. The van der Waals surface area contributed by atoms with Gasteiger partial charge in [-0.25, -0.2) is 0 Å². The Morgan fingerprint density at radius 2 is 2.10 bits per heavy atom. The van der Waals surface area contributed by atoms with Crippen LogP contribution in [-0.2, 0) is 14.2 Å². The maximum absolute atomic E-state index is 5.92. The largest absolute Gasteiger partial charge is 0.501 e. The van der Waals surface area contributed by atoms with Crippen LogP contribution >= 0.6 is 0 Å². The Morgan fingerprint density at radius 3 is 2.76 bits per heavy atom. The molecule has 0 N–H and O–H groups in total. The first kappa shape index (κ1) is 16.1. The van der Waals surface area contributed by atoms with Crippen LogP contribution in [0.3, 0.4) is 0 Å². The molecule has 0 amide bonds. The standard InChI is InChI=1S/C18H26O3/c1-3-18(15-20-12-13-21-18)10-7-11-19-14-16(2)17-8-5-4-6-9-17/h4-6,8-9,14H,3,7,10-13,15H2,1-2H3/b16-14-. The fourth-order valence-corrected chi connectivity index (χ4v) is 2.57. The molecule has 0 bridgehead atoms. The van der Waals surface area contributed by atoms with E-state index in [4.69, 9.17) is 14.2 Å². The van der Waals surface area contributed by atoms with Crippen LogP contribution in [0.1, 0.15) is 38.7 Å². The van der Waals surface area contributed by atoms with E-state index in [-0.39, 0.29) is 5.60 Å². The predicted molar refractivity (Wildman–Crippen MR) is 85.1 cm³/mol. The van der Waals surface area contributed by atoms with Gasteiger partial charge < -0.3 is 14.2 Å². The van der Waals surface area contributed by atoms with Gasteiger partial charge in [0.1, 0.15) is 0 Å². The lowest BCUT2D eigenvalue weighted by Gasteiger charge is -2.36. The van der Waals surface area contributed by atoms with Crippen LogP contribution < -0.4 is 0 Å². The molecule has 1 saturated heterocycles. The predicted octanol–water partition coefficient (Wildman–Crippen LogP) is 4.04. The van der Waals surface area contributed by atoms with E-state index in [1.54, 1.807) is 0 Å². The minimum absolute atomic E-state index is 0.0974. The summed E-state index contributed by atoms with van der Waals surface area (Å²) in [5, 5.41) is 0. The summed E-state index contributed by atoms with van der Waals surface area (Å²) in [4.78, 5) is 0. The summed E-state index contributed by atoms with van der Waals surface area (Å²) in [7, 11) is 0. The van der Waals surface area contributed by atoms with Crippen LogP contribution in [0.4, 0.5) is 0 Å². The third kappa shape index (κ3) is 4.87. The summed E-state index contributed by atoms with van der Waals surface area (Å²) >= 11 is 0. The second kappa shape index (κ2) is 8.20. The van der Waals surface area contributed by atoms with E-state index in [2.05, 4.69) is 26.0 Å². The molecule has 0 saturated carbocycles. The molecular weight excluding hydrogens is 264 g/mol. The highest BCUT2D eigenvalue weighted by atomic mass is 16.6. The van der Waals surface area contributed by atoms with Crippen molar-refractivity contribution in [2.24, 2.45) is 0 Å². The SMILES string of the molecule is CCC1(CCCO/C=C(/C)c2ccccc2)COCCO1. The molecule has 21 heavy (non-hydrogen) atoms. The molecule has 1 atom stereocenters. The van der Waals surface area contributed by atoms with Crippen LogP contribution in [0, 0.1) is 0 Å². The molecule has 1 fully saturated rings. The molecule has 2 rings (SSSR count). The van der Waals surface area contributed by atoms with E-state index in [0.717, 1.165) is 38.0 Å². The van der Waals surface area contributed by atoms with E-state index < -0.39 is 0 Å². The van der Waals surface area contributed by atoms with Gasteiger partial charge in [0, 0.05) is 0 Å². The van der Waals surface area contributed by atoms with Gasteiger partial charge in [0.2, 0.25) is 0 Å². The van der Waals surface area contributed by atoms with Crippen molar-refractivity contribution in [2.75, 3.05) is 26.4 Å². The summed E-state index contributed by atoms with van der Waals surface area (Å²) in [6.45, 7) is 7.09. The fraction of sp³-hybridized carbons (Fsp3) is 0.556. The third-order valence-electron chi connectivity index (χ3n) is 4.03. The minimum atomic E-state index is -0.0974. The van der Waals surface area contributed by atoms with Gasteiger partial charge in [-0.15, -0.1) is 0 Å². The van der Waals surface area contributed by atoms with Gasteiger partial charge in [0.05, 0.1) is 38.3 Å². The van der Waals surface area contributed by atoms with Crippen molar-refractivity contribution in [2.45, 2.75) is 38.7 Å². The van der Waals surface area contributed by atoms with Gasteiger partial charge in [-0.1, -0.05) is 37.3 Å². The van der Waals surface area contributed by atoms with Gasteiger partial charge >= 0.3 is 0 Å². The normalized spacial score (nSPS) is 23.0. The first-order valence-electron chi connectivity index (χ1n) is 7.81. The van der Waals surface area contributed by atoms with Gasteiger partial charge in [-0.05, 0) is 37.3 Å². The van der Waals surface area contributed by atoms with E-state index in [9.17, 15) is 0 Å². The van der Waals surface area contributed by atoms with Crippen molar-refractivity contribution < 1.29 is 14.2 Å². The summed E-state index contributed by atoms with van der Waals surface area (Å²) in [5.74, 6) is 0. The molecule has 1 unspecified atom stereocenters. The molecule has 1 aliphatic rings. The van der Waals surface area contributed by atoms with Gasteiger partial charge in [-0.3, -0.25) is 0 Å². The van der Waals surface area contributed by atoms with E-state index in [1.807, 2.05) is 24.5 Å². The molecule has 1 heterocycles. The van der Waals surface area contributed by atoms with Crippen molar-refractivity contribution in [3.05, 3.63) is 42.2 Å². The Kier molecular flexibility index (Phi) is 6.27. The zero-order valence-corrected chi connectivity index (χ0v) is 13.1. The maximum Gasteiger partial charge on any atom is 0.0914 e. The molecule has 1 aromatic carbocycles. The van der Waals surface area contributed by atoms with Crippen molar-refractivity contribution in [1.82, 2.24) is 0 Å². The average Bonchev–Trinajstić information content (AvgIpc) is 2.56. The van der Waals surface area contributed by atoms with Gasteiger partial charge in [0.15, 0.2) is 0 Å². The first-order chi connectivity index (χ1) is 10.3. The van der Waals surface area contributed by atoms with Crippen LogP contribution in [0.15, 0.2) is 36.6 Å². The second-order valence-electron chi connectivity index (χ2n) is 5.58. The van der Waals surface area contributed by atoms with Gasteiger partial charge in [0.25, 0.3) is 0 Å². The molecule has 3 heteroatoms. The smallest absolute Gasteiger partial charge is 0.0914 e. The van der Waals surface area contributed by atoms with Crippen LogP contribution in [0.25, 0.3) is 5.57 Å². The molecule has 0 aliphatic carbocycles. The Labute approximate surface area is 127 Å². The summed E-state index contributed by atoms with van der Waals surface area (Å²) < 4.78 is 17.1. The Hall–Kier alpha value is -1.32. The molecule has 0 radical (unpaired) electrons. The molecular formula is C18H26O3. The topological polar surface area (TPSA) is 27.7 Å². The number of benzene rings is 1. The molecule has 3 nitrogen and oxygen atoms in total. The molecule has 1 aromatic rings. The van der Waals surface area contributed by atoms with E-state index >= 15 is 0 Å². The summed E-state index contributed by atoms with van der Waals surface area (Å²) in [6, 6.07) is 10.3. The average molecular weight is 290 g/mol. The summed E-state index contributed by atoms with van der Waals surface area (Å²) in [6.07, 6.45) is 4.82. The molecule has 116 valence electrons. The van der Waals surface area contributed by atoms with E-state index in [1.165, 1.54) is 5.56 Å². The van der Waals surface area contributed by atoms with E-state index in [0.29, 0.717) is 13.2 Å². The summed E-state index contributed by atoms with van der Waals surface area (Å²) in [5.41, 5.74) is 2.25. The second-order valence-corrected chi connectivity index (χ2v) is 5.58.